The van der Waals surface area contributed by atoms with Crippen LogP contribution in [0.15, 0.2) is 41.0 Å². The second kappa shape index (κ2) is 5.61. The van der Waals surface area contributed by atoms with Crippen molar-refractivity contribution in [3.8, 4) is 5.75 Å². The Morgan fingerprint density at radius 1 is 1.29 bits per heavy atom. The Bertz CT molecular complexity index is 673. The number of rotatable bonds is 2. The number of ether oxygens (including phenoxy) is 1. The highest BCUT2D eigenvalue weighted by Gasteiger charge is 2.29. The fourth-order valence-corrected chi connectivity index (χ4v) is 2.44. The molecule has 1 aromatic heterocycles. The van der Waals surface area contributed by atoms with Gasteiger partial charge in [-0.05, 0) is 33.6 Å². The predicted molar refractivity (Wildman–Crippen MR) is 78.7 cm³/mol. The Balaban J connectivity index is 1.55. The van der Waals surface area contributed by atoms with Crippen molar-refractivity contribution in [2.24, 2.45) is 0 Å². The van der Waals surface area contributed by atoms with Gasteiger partial charge in [-0.3, -0.25) is 20.4 Å². The maximum atomic E-state index is 12.0. The normalized spacial score (nSPS) is 16.0. The van der Waals surface area contributed by atoms with E-state index >= 15 is 0 Å². The summed E-state index contributed by atoms with van der Waals surface area (Å²) in [5.74, 6) is -0.105. The highest BCUT2D eigenvalue weighted by Crippen LogP contribution is 2.27. The maximum absolute atomic E-state index is 12.0. The largest absolute Gasteiger partial charge is 0.480 e. The van der Waals surface area contributed by atoms with E-state index in [0.29, 0.717) is 17.9 Å². The molecule has 1 atom stereocenters. The molecular formula is C14H12BrN3O3. The fourth-order valence-electron chi connectivity index (χ4n) is 2.09. The molecule has 21 heavy (non-hydrogen) atoms. The first-order valence-electron chi connectivity index (χ1n) is 6.32. The minimum absolute atomic E-state index is 0.345. The fraction of sp³-hybridized carbons (Fsp3) is 0.143. The van der Waals surface area contributed by atoms with Crippen LogP contribution < -0.4 is 15.6 Å². The highest BCUT2D eigenvalue weighted by atomic mass is 79.9. The van der Waals surface area contributed by atoms with Gasteiger partial charge in [-0.15, -0.1) is 0 Å². The summed E-state index contributed by atoms with van der Waals surface area (Å²) in [4.78, 5) is 26.5. The van der Waals surface area contributed by atoms with Gasteiger partial charge in [-0.25, -0.2) is 0 Å². The van der Waals surface area contributed by atoms with Crippen LogP contribution >= 0.6 is 15.9 Å². The van der Waals surface area contributed by atoms with Crippen molar-refractivity contribution < 1.29 is 14.3 Å². The van der Waals surface area contributed by atoms with Gasteiger partial charge in [0.25, 0.3) is 11.8 Å². The van der Waals surface area contributed by atoms with Crippen LogP contribution in [0.3, 0.4) is 0 Å². The van der Waals surface area contributed by atoms with Crippen LogP contribution in [-0.2, 0) is 11.2 Å². The smallest absolute Gasteiger partial charge is 0.286 e. The van der Waals surface area contributed by atoms with E-state index in [-0.39, 0.29) is 5.91 Å². The number of fused-ring (bicyclic) bond motifs is 1. The molecule has 0 spiro atoms. The Morgan fingerprint density at radius 2 is 2.10 bits per heavy atom. The van der Waals surface area contributed by atoms with Crippen molar-refractivity contribution in [2.75, 3.05) is 0 Å². The van der Waals surface area contributed by atoms with Crippen LogP contribution in [0.2, 0.25) is 0 Å². The summed E-state index contributed by atoms with van der Waals surface area (Å²) in [7, 11) is 0. The van der Waals surface area contributed by atoms with Crippen LogP contribution in [-0.4, -0.2) is 22.9 Å². The van der Waals surface area contributed by atoms with Crippen LogP contribution in [0.25, 0.3) is 0 Å². The number of para-hydroxylation sites is 1. The molecule has 2 aromatic rings. The van der Waals surface area contributed by atoms with Crippen LogP contribution in [0.5, 0.6) is 5.75 Å². The average molecular weight is 350 g/mol. The molecule has 0 saturated heterocycles. The molecule has 1 aliphatic heterocycles. The SMILES string of the molecule is O=C(NNC(=O)C1Cc2ccccc2O1)c1cc(Br)c[nH]1. The molecule has 2 heterocycles. The van der Waals surface area contributed by atoms with Crippen molar-refractivity contribution in [3.05, 3.63) is 52.3 Å². The summed E-state index contributed by atoms with van der Waals surface area (Å²) in [5, 5.41) is 0. The number of nitrogens with one attached hydrogen (secondary N) is 3. The molecule has 6 nitrogen and oxygen atoms in total. The number of hydrazine groups is 1. The van der Waals surface area contributed by atoms with Crippen molar-refractivity contribution in [1.82, 2.24) is 15.8 Å². The van der Waals surface area contributed by atoms with Crippen LogP contribution in [0.1, 0.15) is 16.1 Å². The number of aromatic amines is 1. The van der Waals surface area contributed by atoms with Crippen molar-refractivity contribution in [3.63, 3.8) is 0 Å². The maximum Gasteiger partial charge on any atom is 0.286 e. The van der Waals surface area contributed by atoms with E-state index in [1.54, 1.807) is 12.3 Å². The molecular weight excluding hydrogens is 338 g/mol. The van der Waals surface area contributed by atoms with E-state index in [9.17, 15) is 9.59 Å². The lowest BCUT2D eigenvalue weighted by Gasteiger charge is -2.11. The van der Waals surface area contributed by atoms with Crippen LogP contribution in [0, 0.1) is 0 Å². The molecule has 2 amide bonds. The monoisotopic (exact) mass is 349 g/mol. The van der Waals surface area contributed by atoms with E-state index in [2.05, 4.69) is 31.8 Å². The molecule has 108 valence electrons. The molecule has 3 rings (SSSR count). The van der Waals surface area contributed by atoms with E-state index in [4.69, 9.17) is 4.74 Å². The van der Waals surface area contributed by atoms with Gasteiger partial charge in [0.2, 0.25) is 0 Å². The Kier molecular flexibility index (Phi) is 3.66. The first kappa shape index (κ1) is 13.7. The van der Waals surface area contributed by atoms with Gasteiger partial charge in [0.1, 0.15) is 11.4 Å². The summed E-state index contributed by atoms with van der Waals surface area (Å²) in [6.45, 7) is 0. The highest BCUT2D eigenvalue weighted by molar-refractivity contribution is 9.10. The van der Waals surface area contributed by atoms with Gasteiger partial charge in [-0.1, -0.05) is 18.2 Å². The lowest BCUT2D eigenvalue weighted by atomic mass is 10.1. The number of amides is 2. The van der Waals surface area contributed by atoms with E-state index in [0.717, 1.165) is 10.0 Å². The average Bonchev–Trinajstić information content (AvgIpc) is 3.10. The third-order valence-electron chi connectivity index (χ3n) is 3.13. The second-order valence-corrected chi connectivity index (χ2v) is 5.51. The molecule has 1 aromatic carbocycles. The molecule has 0 saturated carbocycles. The summed E-state index contributed by atoms with van der Waals surface area (Å²) in [6, 6.07) is 9.09. The summed E-state index contributed by atoms with van der Waals surface area (Å²) >= 11 is 3.23. The van der Waals surface area contributed by atoms with E-state index < -0.39 is 12.0 Å². The quantitative estimate of drug-likeness (QED) is 0.719. The van der Waals surface area contributed by atoms with Crippen LogP contribution in [0.4, 0.5) is 0 Å². The number of carbonyl (C=O) groups is 2. The molecule has 0 fully saturated rings. The summed E-state index contributed by atoms with van der Waals surface area (Å²) < 4.78 is 6.29. The zero-order valence-electron chi connectivity index (χ0n) is 10.9. The number of benzene rings is 1. The van der Waals surface area contributed by atoms with Gasteiger partial charge < -0.3 is 9.72 Å². The van der Waals surface area contributed by atoms with E-state index in [1.807, 2.05) is 24.3 Å². The third-order valence-corrected chi connectivity index (χ3v) is 3.59. The molecule has 3 N–H and O–H groups in total. The third kappa shape index (κ3) is 2.92. The van der Waals surface area contributed by atoms with Gasteiger partial charge in [-0.2, -0.15) is 0 Å². The van der Waals surface area contributed by atoms with E-state index in [1.165, 1.54) is 0 Å². The molecule has 1 aliphatic rings. The first-order chi connectivity index (χ1) is 10.1. The molecule has 0 bridgehead atoms. The minimum Gasteiger partial charge on any atom is -0.480 e. The Hall–Kier alpha value is -2.28. The zero-order valence-corrected chi connectivity index (χ0v) is 12.4. The first-order valence-corrected chi connectivity index (χ1v) is 7.11. The summed E-state index contributed by atoms with van der Waals surface area (Å²) in [6.07, 6.45) is 1.50. The van der Waals surface area contributed by atoms with Crippen molar-refractivity contribution >= 4 is 27.7 Å². The van der Waals surface area contributed by atoms with Crippen molar-refractivity contribution in [1.29, 1.82) is 0 Å². The molecule has 0 aliphatic carbocycles. The number of hydrogen-bond acceptors (Lipinski definition) is 3. The lowest BCUT2D eigenvalue weighted by Crippen LogP contribution is -2.47. The number of halogens is 1. The van der Waals surface area contributed by atoms with Gasteiger partial charge in [0.15, 0.2) is 6.10 Å². The minimum atomic E-state index is -0.627. The van der Waals surface area contributed by atoms with Gasteiger partial charge in [0, 0.05) is 17.1 Å². The van der Waals surface area contributed by atoms with Gasteiger partial charge in [0.05, 0.1) is 0 Å². The standard InChI is InChI=1S/C14H12BrN3O3/c15-9-6-10(16-7-9)13(19)17-18-14(20)12-5-8-3-1-2-4-11(8)21-12/h1-4,6-7,12,16H,5H2,(H,17,19)(H,18,20). The van der Waals surface area contributed by atoms with Crippen molar-refractivity contribution in [2.45, 2.75) is 12.5 Å². The number of aromatic nitrogens is 1. The lowest BCUT2D eigenvalue weighted by molar-refractivity contribution is -0.128. The second-order valence-electron chi connectivity index (χ2n) is 4.59. The Morgan fingerprint density at radius 3 is 2.81 bits per heavy atom. The molecule has 1 unspecified atom stereocenters. The number of carbonyl (C=O) groups excluding carboxylic acids is 2. The topological polar surface area (TPSA) is 83.2 Å². The van der Waals surface area contributed by atoms with Gasteiger partial charge >= 0.3 is 0 Å². The zero-order chi connectivity index (χ0) is 14.8. The number of hydrogen-bond donors (Lipinski definition) is 3. The number of H-pyrrole nitrogens is 1. The predicted octanol–water partition coefficient (Wildman–Crippen LogP) is 1.54. The summed E-state index contributed by atoms with van der Waals surface area (Å²) in [5.41, 5.74) is 6.04. The molecule has 7 heteroatoms. The Labute approximate surface area is 129 Å². The molecule has 0 radical (unpaired) electrons.